The van der Waals surface area contributed by atoms with Gasteiger partial charge in [0.2, 0.25) is 6.79 Å². The Bertz CT molecular complexity index is 892. The second kappa shape index (κ2) is 8.62. The lowest BCUT2D eigenvalue weighted by atomic mass is 9.56. The van der Waals surface area contributed by atoms with Gasteiger partial charge in [0, 0.05) is 17.4 Å². The van der Waals surface area contributed by atoms with Crippen molar-refractivity contribution in [2.24, 2.45) is 23.2 Å². The highest BCUT2D eigenvalue weighted by molar-refractivity contribution is 5.67. The Balaban J connectivity index is 1.32. The summed E-state index contributed by atoms with van der Waals surface area (Å²) in [6.45, 7) is 7.93. The summed E-state index contributed by atoms with van der Waals surface area (Å²) in [6.07, 6.45) is 7.76. The average Bonchev–Trinajstić information content (AvgIpc) is 3.25. The topological polar surface area (TPSA) is 66.0 Å². The van der Waals surface area contributed by atoms with E-state index in [1.165, 1.54) is 24.8 Å². The molecule has 2 heterocycles. The van der Waals surface area contributed by atoms with Gasteiger partial charge in [-0.1, -0.05) is 50.8 Å². The number of benzene rings is 1. The average molecular weight is 442 g/mol. The Morgan fingerprint density at radius 1 is 1.16 bits per heavy atom. The molecule has 32 heavy (non-hydrogen) atoms. The third-order valence-electron chi connectivity index (χ3n) is 8.37. The van der Waals surface area contributed by atoms with Crippen LogP contribution in [0.25, 0.3) is 0 Å². The molecular weight excluding hydrogens is 406 g/mol. The first kappa shape index (κ1) is 21.6. The standard InChI is InChI=1S/C26H35NO5/c1-16-11-17(2)26(14-30-25(28)27-20-7-5-4-6-8-20)13-29-24(23(16)18(26)3)19-9-10-21-22(12-19)32-15-31-21/h9-12,17-18,20,23-24H,4-8,13-15H2,1-3H3,(H,27,28)/t17-,18-,23-,24+,26-/m0/s1. The van der Waals surface area contributed by atoms with Crippen LogP contribution in [-0.2, 0) is 9.47 Å². The second-order valence-corrected chi connectivity index (χ2v) is 10.1. The van der Waals surface area contributed by atoms with Crippen LogP contribution in [0.3, 0.4) is 0 Å². The maximum Gasteiger partial charge on any atom is 0.407 e. The Hall–Kier alpha value is -2.21. The molecule has 1 N–H and O–H groups in total. The quantitative estimate of drug-likeness (QED) is 0.636. The third-order valence-corrected chi connectivity index (χ3v) is 8.37. The Labute approximate surface area is 190 Å². The molecule has 2 fully saturated rings. The molecule has 5 atom stereocenters. The van der Waals surface area contributed by atoms with Crippen LogP contribution < -0.4 is 14.8 Å². The van der Waals surface area contributed by atoms with E-state index in [1.54, 1.807) is 0 Å². The van der Waals surface area contributed by atoms with Crippen LogP contribution in [0, 0.1) is 23.2 Å². The molecule has 174 valence electrons. The van der Waals surface area contributed by atoms with Crippen LogP contribution in [0.1, 0.15) is 64.5 Å². The lowest BCUT2D eigenvalue weighted by Crippen LogP contribution is -2.55. The van der Waals surface area contributed by atoms with Gasteiger partial charge in [0.05, 0.1) is 12.7 Å². The fourth-order valence-corrected chi connectivity index (χ4v) is 6.30. The van der Waals surface area contributed by atoms with E-state index in [1.807, 2.05) is 12.1 Å². The zero-order valence-corrected chi connectivity index (χ0v) is 19.4. The lowest BCUT2D eigenvalue weighted by molar-refractivity contribution is -0.165. The number of amides is 1. The number of carbonyl (C=O) groups excluding carboxylic acids is 1. The van der Waals surface area contributed by atoms with Crippen molar-refractivity contribution >= 4 is 6.09 Å². The molecule has 2 aliphatic heterocycles. The number of hydrogen-bond acceptors (Lipinski definition) is 5. The first-order valence-corrected chi connectivity index (χ1v) is 12.1. The van der Waals surface area contributed by atoms with Gasteiger partial charge in [-0.25, -0.2) is 4.79 Å². The summed E-state index contributed by atoms with van der Waals surface area (Å²) in [5.41, 5.74) is 2.23. The molecule has 6 nitrogen and oxygen atoms in total. The normalized spacial score (nSPS) is 34.0. The molecule has 1 amide bonds. The fraction of sp³-hybridized carbons (Fsp3) is 0.654. The number of carbonyl (C=O) groups is 1. The zero-order valence-electron chi connectivity index (χ0n) is 19.4. The molecule has 2 bridgehead atoms. The number of alkyl carbamates (subject to hydrolysis) is 1. The van der Waals surface area contributed by atoms with Gasteiger partial charge in [0.1, 0.15) is 6.61 Å². The van der Waals surface area contributed by atoms with Crippen LogP contribution in [0.5, 0.6) is 11.5 Å². The van der Waals surface area contributed by atoms with Crippen molar-refractivity contribution in [3.63, 3.8) is 0 Å². The van der Waals surface area contributed by atoms with Crippen LogP contribution in [0.4, 0.5) is 4.79 Å². The Morgan fingerprint density at radius 2 is 1.94 bits per heavy atom. The van der Waals surface area contributed by atoms with Crippen molar-refractivity contribution in [1.82, 2.24) is 5.32 Å². The molecule has 4 aliphatic rings. The van der Waals surface area contributed by atoms with Crippen molar-refractivity contribution in [2.75, 3.05) is 20.0 Å². The molecule has 6 heteroatoms. The van der Waals surface area contributed by atoms with Crippen molar-refractivity contribution in [3.05, 3.63) is 35.4 Å². The maximum absolute atomic E-state index is 12.6. The van der Waals surface area contributed by atoms with Gasteiger partial charge < -0.3 is 24.3 Å². The molecule has 5 rings (SSSR count). The number of rotatable bonds is 4. The van der Waals surface area contributed by atoms with Crippen molar-refractivity contribution in [3.8, 4) is 11.5 Å². The van der Waals surface area contributed by atoms with E-state index in [0.717, 1.165) is 29.9 Å². The summed E-state index contributed by atoms with van der Waals surface area (Å²) in [4.78, 5) is 12.6. The highest BCUT2D eigenvalue weighted by atomic mass is 16.7. The minimum atomic E-state index is -0.286. The summed E-state index contributed by atoms with van der Waals surface area (Å²) in [6, 6.07) is 6.35. The maximum atomic E-state index is 12.6. The molecule has 0 unspecified atom stereocenters. The summed E-state index contributed by atoms with van der Waals surface area (Å²) < 4.78 is 23.5. The number of hydrogen-bond donors (Lipinski definition) is 1. The molecule has 1 saturated heterocycles. The molecule has 0 radical (unpaired) electrons. The molecule has 1 saturated carbocycles. The largest absolute Gasteiger partial charge is 0.454 e. The smallest absolute Gasteiger partial charge is 0.407 e. The van der Waals surface area contributed by atoms with E-state index >= 15 is 0 Å². The predicted molar refractivity (Wildman–Crippen MR) is 121 cm³/mol. The Kier molecular flexibility index (Phi) is 5.82. The lowest BCUT2D eigenvalue weighted by Gasteiger charge is -2.55. The number of fused-ring (bicyclic) bond motifs is 3. The first-order valence-electron chi connectivity index (χ1n) is 12.1. The highest BCUT2D eigenvalue weighted by Gasteiger charge is 2.54. The second-order valence-electron chi connectivity index (χ2n) is 10.1. The van der Waals surface area contributed by atoms with E-state index in [-0.39, 0.29) is 42.3 Å². The van der Waals surface area contributed by atoms with Crippen molar-refractivity contribution < 1.29 is 23.7 Å². The predicted octanol–water partition coefficient (Wildman–Crippen LogP) is 5.38. The van der Waals surface area contributed by atoms with Crippen LogP contribution >= 0.6 is 0 Å². The highest BCUT2D eigenvalue weighted by Crippen LogP contribution is 2.56. The van der Waals surface area contributed by atoms with Gasteiger partial charge in [-0.15, -0.1) is 0 Å². The number of nitrogens with one attached hydrogen (secondary N) is 1. The minimum Gasteiger partial charge on any atom is -0.454 e. The SMILES string of the molecule is CC1=C[C@H](C)[C@@]2(COC(=O)NC3CCCCC3)CO[C@H](c3ccc4c(c3)OCO4)[C@@H]1[C@@H]2C. The molecule has 2 aliphatic carbocycles. The monoisotopic (exact) mass is 441 g/mol. The molecule has 1 aromatic carbocycles. The third kappa shape index (κ3) is 3.76. The summed E-state index contributed by atoms with van der Waals surface area (Å²) >= 11 is 0. The van der Waals surface area contributed by atoms with Gasteiger partial charge in [-0.2, -0.15) is 0 Å². The van der Waals surface area contributed by atoms with E-state index in [4.69, 9.17) is 18.9 Å². The van der Waals surface area contributed by atoms with Gasteiger partial charge in [-0.05, 0) is 49.3 Å². The fourth-order valence-electron chi connectivity index (χ4n) is 6.30. The van der Waals surface area contributed by atoms with Gasteiger partial charge in [-0.3, -0.25) is 0 Å². The number of ether oxygens (including phenoxy) is 4. The van der Waals surface area contributed by atoms with Crippen molar-refractivity contribution in [2.45, 2.75) is 65.0 Å². The first-order chi connectivity index (χ1) is 15.5. The van der Waals surface area contributed by atoms with E-state index in [2.05, 4.69) is 38.2 Å². The van der Waals surface area contributed by atoms with Gasteiger partial charge >= 0.3 is 6.09 Å². The van der Waals surface area contributed by atoms with Crippen molar-refractivity contribution in [1.29, 1.82) is 0 Å². The van der Waals surface area contributed by atoms with Gasteiger partial charge in [0.25, 0.3) is 0 Å². The van der Waals surface area contributed by atoms with Crippen LogP contribution in [-0.4, -0.2) is 32.1 Å². The number of allylic oxidation sites excluding steroid dienone is 1. The van der Waals surface area contributed by atoms with Gasteiger partial charge in [0.15, 0.2) is 11.5 Å². The molecule has 0 spiro atoms. The summed E-state index contributed by atoms with van der Waals surface area (Å²) in [7, 11) is 0. The zero-order chi connectivity index (χ0) is 22.3. The molecule has 0 aromatic heterocycles. The van der Waals surface area contributed by atoms with E-state index in [9.17, 15) is 4.79 Å². The van der Waals surface area contributed by atoms with E-state index in [0.29, 0.717) is 19.1 Å². The van der Waals surface area contributed by atoms with Crippen LogP contribution in [0.2, 0.25) is 0 Å². The van der Waals surface area contributed by atoms with Crippen LogP contribution in [0.15, 0.2) is 29.8 Å². The summed E-state index contributed by atoms with van der Waals surface area (Å²) in [5.74, 6) is 2.38. The molecule has 1 aromatic rings. The molecular formula is C26H35NO5. The minimum absolute atomic E-state index is 0.0487. The summed E-state index contributed by atoms with van der Waals surface area (Å²) in [5, 5.41) is 3.08. The van der Waals surface area contributed by atoms with E-state index < -0.39 is 0 Å². The Morgan fingerprint density at radius 3 is 2.75 bits per heavy atom.